The summed E-state index contributed by atoms with van der Waals surface area (Å²) in [7, 11) is 2.13. The molecule has 0 bridgehead atoms. The third kappa shape index (κ3) is 3.13. The number of anilines is 1. The first-order valence-corrected chi connectivity index (χ1v) is 8.56. The Labute approximate surface area is 148 Å². The number of aromatic hydroxyl groups is 1. The average Bonchev–Trinajstić information content (AvgIpc) is 2.52. The lowest BCUT2D eigenvalue weighted by atomic mass is 9.80. The van der Waals surface area contributed by atoms with Crippen LogP contribution in [-0.2, 0) is 0 Å². The molecule has 3 nitrogen and oxygen atoms in total. The summed E-state index contributed by atoms with van der Waals surface area (Å²) in [6.45, 7) is 6.80. The van der Waals surface area contributed by atoms with Gasteiger partial charge in [0.05, 0.1) is 10.7 Å². The molecule has 0 spiro atoms. The number of rotatable bonds is 2. The number of hydrogen-bond donors (Lipinski definition) is 1. The van der Waals surface area contributed by atoms with Gasteiger partial charge in [-0.1, -0.05) is 18.5 Å². The Kier molecular flexibility index (Phi) is 4.31. The van der Waals surface area contributed by atoms with Gasteiger partial charge in [0.2, 0.25) is 0 Å². The third-order valence-corrected chi connectivity index (χ3v) is 5.28. The van der Waals surface area contributed by atoms with Gasteiger partial charge in [-0.15, -0.1) is 0 Å². The van der Waals surface area contributed by atoms with Crippen molar-refractivity contribution < 1.29 is 5.11 Å². The lowest BCUT2D eigenvalue weighted by Crippen LogP contribution is -2.45. The highest BCUT2D eigenvalue weighted by Gasteiger charge is 2.34. The summed E-state index contributed by atoms with van der Waals surface area (Å²) in [5.74, 6) is 0.713. The van der Waals surface area contributed by atoms with Gasteiger partial charge in [0.15, 0.2) is 0 Å². The standard InChI is InChI=1S/C20H23ClN2O/c1-13-11-20(2,3)23(4)19-10-18(21)14(9-17(13)19)12-22-15-5-7-16(24)8-6-15/h5-10,12-13,24H,11H2,1-4H3. The first-order chi connectivity index (χ1) is 11.3. The van der Waals surface area contributed by atoms with Gasteiger partial charge in [-0.05, 0) is 68.1 Å². The first-order valence-electron chi connectivity index (χ1n) is 8.18. The van der Waals surface area contributed by atoms with Crippen molar-refractivity contribution in [3.8, 4) is 5.75 Å². The fraction of sp³-hybridized carbons (Fsp3) is 0.350. The molecule has 1 aliphatic rings. The fourth-order valence-corrected chi connectivity index (χ4v) is 3.59. The van der Waals surface area contributed by atoms with Crippen molar-refractivity contribution in [3.63, 3.8) is 0 Å². The molecule has 126 valence electrons. The fourth-order valence-electron chi connectivity index (χ4n) is 3.39. The van der Waals surface area contributed by atoms with E-state index in [0.717, 1.165) is 17.7 Å². The molecule has 0 saturated heterocycles. The molecule has 1 aliphatic heterocycles. The van der Waals surface area contributed by atoms with Crippen LogP contribution in [-0.4, -0.2) is 23.9 Å². The van der Waals surface area contributed by atoms with E-state index in [1.165, 1.54) is 11.3 Å². The van der Waals surface area contributed by atoms with Crippen LogP contribution in [0.5, 0.6) is 5.75 Å². The number of phenolic OH excluding ortho intramolecular Hbond substituents is 1. The summed E-state index contributed by atoms with van der Waals surface area (Å²) in [4.78, 5) is 6.78. The maximum Gasteiger partial charge on any atom is 0.115 e. The Bertz CT molecular complexity index is 781. The van der Waals surface area contributed by atoms with Crippen molar-refractivity contribution in [2.45, 2.75) is 38.6 Å². The van der Waals surface area contributed by atoms with Crippen molar-refractivity contribution in [1.82, 2.24) is 0 Å². The van der Waals surface area contributed by atoms with E-state index in [1.54, 1.807) is 30.5 Å². The predicted octanol–water partition coefficient (Wildman–Crippen LogP) is 5.52. The molecule has 0 aliphatic carbocycles. The highest BCUT2D eigenvalue weighted by molar-refractivity contribution is 6.33. The van der Waals surface area contributed by atoms with Gasteiger partial charge < -0.3 is 10.0 Å². The highest BCUT2D eigenvalue weighted by Crippen LogP contribution is 2.44. The maximum absolute atomic E-state index is 9.34. The molecule has 1 N–H and O–H groups in total. The second-order valence-corrected chi connectivity index (χ2v) is 7.59. The molecule has 2 aromatic carbocycles. The zero-order valence-corrected chi connectivity index (χ0v) is 15.3. The quantitative estimate of drug-likeness (QED) is 0.729. The average molecular weight is 343 g/mol. The monoisotopic (exact) mass is 342 g/mol. The van der Waals surface area contributed by atoms with Crippen LogP contribution >= 0.6 is 11.6 Å². The van der Waals surface area contributed by atoms with Crippen molar-refractivity contribution in [3.05, 3.63) is 52.5 Å². The molecule has 0 amide bonds. The van der Waals surface area contributed by atoms with E-state index in [4.69, 9.17) is 11.6 Å². The third-order valence-electron chi connectivity index (χ3n) is 4.95. The van der Waals surface area contributed by atoms with Crippen LogP contribution < -0.4 is 4.90 Å². The van der Waals surface area contributed by atoms with E-state index in [0.29, 0.717) is 10.9 Å². The molecule has 1 atom stereocenters. The molecule has 4 heteroatoms. The summed E-state index contributed by atoms with van der Waals surface area (Å²) >= 11 is 6.50. The molecular formula is C20H23ClN2O. The zero-order valence-electron chi connectivity index (χ0n) is 14.5. The lowest BCUT2D eigenvalue weighted by Gasteiger charge is -2.45. The number of hydrogen-bond acceptors (Lipinski definition) is 3. The maximum atomic E-state index is 9.34. The highest BCUT2D eigenvalue weighted by atomic mass is 35.5. The second-order valence-electron chi connectivity index (χ2n) is 7.18. The van der Waals surface area contributed by atoms with E-state index in [-0.39, 0.29) is 11.3 Å². The van der Waals surface area contributed by atoms with Gasteiger partial charge in [0.1, 0.15) is 5.75 Å². The van der Waals surface area contributed by atoms with E-state index in [1.807, 2.05) is 6.07 Å². The smallest absolute Gasteiger partial charge is 0.115 e. The van der Waals surface area contributed by atoms with Gasteiger partial charge in [-0.25, -0.2) is 0 Å². The molecule has 0 aromatic heterocycles. The molecule has 1 unspecified atom stereocenters. The molecule has 3 rings (SSSR count). The van der Waals surface area contributed by atoms with Gasteiger partial charge in [0.25, 0.3) is 0 Å². The summed E-state index contributed by atoms with van der Waals surface area (Å²) < 4.78 is 0. The molecule has 0 saturated carbocycles. The number of benzene rings is 2. The second kappa shape index (κ2) is 6.14. The number of halogens is 1. The normalized spacial score (nSPS) is 19.5. The molecule has 0 radical (unpaired) electrons. The Balaban J connectivity index is 1.97. The molecule has 24 heavy (non-hydrogen) atoms. The van der Waals surface area contributed by atoms with Crippen molar-refractivity contribution in [2.75, 3.05) is 11.9 Å². The van der Waals surface area contributed by atoms with Crippen LogP contribution in [0.3, 0.4) is 0 Å². The number of nitrogens with zero attached hydrogens (tertiary/aromatic N) is 2. The lowest BCUT2D eigenvalue weighted by molar-refractivity contribution is 0.395. The zero-order chi connectivity index (χ0) is 17.5. The Morgan fingerprint density at radius 1 is 1.25 bits per heavy atom. The van der Waals surface area contributed by atoms with Crippen molar-refractivity contribution in [1.29, 1.82) is 0 Å². The molecular weight excluding hydrogens is 320 g/mol. The minimum atomic E-state index is 0.122. The van der Waals surface area contributed by atoms with E-state index >= 15 is 0 Å². The largest absolute Gasteiger partial charge is 0.508 e. The van der Waals surface area contributed by atoms with Gasteiger partial charge in [-0.3, -0.25) is 4.99 Å². The van der Waals surface area contributed by atoms with Crippen LogP contribution in [0, 0.1) is 0 Å². The van der Waals surface area contributed by atoms with Crippen molar-refractivity contribution in [2.24, 2.45) is 4.99 Å². The van der Waals surface area contributed by atoms with E-state index in [2.05, 4.69) is 43.8 Å². The minimum absolute atomic E-state index is 0.122. The van der Waals surface area contributed by atoms with E-state index < -0.39 is 0 Å². The Morgan fingerprint density at radius 3 is 2.58 bits per heavy atom. The molecule has 0 fully saturated rings. The Morgan fingerprint density at radius 2 is 1.92 bits per heavy atom. The Hall–Kier alpha value is -2.00. The molecule has 1 heterocycles. The molecule has 2 aromatic rings. The number of phenols is 1. The van der Waals surface area contributed by atoms with Gasteiger partial charge in [-0.2, -0.15) is 0 Å². The summed E-state index contributed by atoms with van der Waals surface area (Å²) in [5, 5.41) is 10.0. The number of fused-ring (bicyclic) bond motifs is 1. The van der Waals surface area contributed by atoms with Gasteiger partial charge >= 0.3 is 0 Å². The first kappa shape index (κ1) is 16.8. The van der Waals surface area contributed by atoms with E-state index in [9.17, 15) is 5.11 Å². The minimum Gasteiger partial charge on any atom is -0.508 e. The number of aliphatic imine (C=N–C) groups is 1. The van der Waals surface area contributed by atoms with Crippen LogP contribution in [0.1, 0.15) is 44.2 Å². The van der Waals surface area contributed by atoms with Crippen LogP contribution in [0.4, 0.5) is 11.4 Å². The van der Waals surface area contributed by atoms with Gasteiger partial charge in [0, 0.05) is 30.1 Å². The summed E-state index contributed by atoms with van der Waals surface area (Å²) in [6, 6.07) is 11.0. The van der Waals surface area contributed by atoms with Crippen LogP contribution in [0.25, 0.3) is 0 Å². The van der Waals surface area contributed by atoms with Crippen molar-refractivity contribution >= 4 is 29.2 Å². The van der Waals surface area contributed by atoms with Crippen LogP contribution in [0.15, 0.2) is 41.4 Å². The topological polar surface area (TPSA) is 35.8 Å². The SMILES string of the molecule is CC1CC(C)(C)N(C)c2cc(Cl)c(C=Nc3ccc(O)cc3)cc21. The predicted molar refractivity (Wildman–Crippen MR) is 102 cm³/mol. The van der Waals surface area contributed by atoms with Crippen LogP contribution in [0.2, 0.25) is 5.02 Å². The summed E-state index contributed by atoms with van der Waals surface area (Å²) in [5.41, 5.74) is 4.34. The summed E-state index contributed by atoms with van der Waals surface area (Å²) in [6.07, 6.45) is 2.90.